The van der Waals surface area contributed by atoms with Gasteiger partial charge in [0.05, 0.1) is 0 Å². The maximum atomic E-state index is 12.4. The van der Waals surface area contributed by atoms with Crippen LogP contribution in [-0.2, 0) is 4.79 Å². The van der Waals surface area contributed by atoms with Crippen molar-refractivity contribution >= 4 is 12.0 Å². The second-order valence-electron chi connectivity index (χ2n) is 7.17. The van der Waals surface area contributed by atoms with Crippen molar-refractivity contribution in [1.29, 1.82) is 0 Å². The first kappa shape index (κ1) is 18.2. The van der Waals surface area contributed by atoms with Crippen LogP contribution >= 0.6 is 0 Å². The molecule has 0 radical (unpaired) electrons. The summed E-state index contributed by atoms with van der Waals surface area (Å²) in [5.74, 6) is 1.55. The minimum Gasteiger partial charge on any atom is -0.339 e. The van der Waals surface area contributed by atoms with Crippen LogP contribution in [0.4, 0.5) is 0 Å². The van der Waals surface area contributed by atoms with Crippen LogP contribution < -0.4 is 0 Å². The summed E-state index contributed by atoms with van der Waals surface area (Å²) in [7, 11) is 0. The number of hydrogen-bond donors (Lipinski definition) is 0. The number of piperidine rings is 1. The maximum Gasteiger partial charge on any atom is 0.246 e. The lowest BCUT2D eigenvalue weighted by atomic mass is 9.96. The number of likely N-dealkylation sites (tertiary alicyclic amines) is 1. The van der Waals surface area contributed by atoms with Crippen LogP contribution in [0.5, 0.6) is 0 Å². The average Bonchev–Trinajstić information content (AvgIpc) is 3.23. The molecule has 0 saturated carbocycles. The van der Waals surface area contributed by atoms with E-state index in [1.165, 1.54) is 5.56 Å². The lowest BCUT2D eigenvalue weighted by molar-refractivity contribution is -0.127. The summed E-state index contributed by atoms with van der Waals surface area (Å²) in [6.45, 7) is 3.44. The lowest BCUT2D eigenvalue weighted by Crippen LogP contribution is -2.36. The van der Waals surface area contributed by atoms with E-state index >= 15 is 0 Å². The third-order valence-electron chi connectivity index (χ3n) is 5.09. The fourth-order valence-electron chi connectivity index (χ4n) is 3.49. The van der Waals surface area contributed by atoms with Gasteiger partial charge in [0.25, 0.3) is 0 Å². The van der Waals surface area contributed by atoms with Crippen molar-refractivity contribution in [3.05, 3.63) is 77.7 Å². The quantitative estimate of drug-likeness (QED) is 0.633. The van der Waals surface area contributed by atoms with Gasteiger partial charge in [-0.15, -0.1) is 0 Å². The largest absolute Gasteiger partial charge is 0.339 e. The smallest absolute Gasteiger partial charge is 0.246 e. The Hall–Kier alpha value is -3.21. The fourth-order valence-corrected chi connectivity index (χ4v) is 3.49. The van der Waals surface area contributed by atoms with Gasteiger partial charge in [-0.1, -0.05) is 59.3 Å². The van der Waals surface area contributed by atoms with Gasteiger partial charge >= 0.3 is 0 Å². The Balaban J connectivity index is 1.35. The van der Waals surface area contributed by atoms with E-state index in [0.717, 1.165) is 24.0 Å². The first-order valence-electron chi connectivity index (χ1n) is 9.62. The van der Waals surface area contributed by atoms with Crippen LogP contribution in [0.1, 0.15) is 35.8 Å². The van der Waals surface area contributed by atoms with E-state index in [0.29, 0.717) is 24.8 Å². The van der Waals surface area contributed by atoms with E-state index in [4.69, 9.17) is 4.52 Å². The zero-order valence-corrected chi connectivity index (χ0v) is 15.9. The van der Waals surface area contributed by atoms with Gasteiger partial charge < -0.3 is 9.42 Å². The molecule has 1 aliphatic rings. The fraction of sp³-hybridized carbons (Fsp3) is 0.261. The predicted molar refractivity (Wildman–Crippen MR) is 109 cm³/mol. The summed E-state index contributed by atoms with van der Waals surface area (Å²) >= 11 is 0. The van der Waals surface area contributed by atoms with Gasteiger partial charge in [-0.25, -0.2) is 0 Å². The van der Waals surface area contributed by atoms with Crippen molar-refractivity contribution in [2.75, 3.05) is 13.1 Å². The Morgan fingerprint density at radius 1 is 1.11 bits per heavy atom. The second-order valence-corrected chi connectivity index (χ2v) is 7.17. The molecule has 2 aromatic carbocycles. The molecule has 142 valence electrons. The van der Waals surface area contributed by atoms with Crippen LogP contribution in [0.2, 0.25) is 0 Å². The molecule has 0 aliphatic carbocycles. The minimum atomic E-state index is 0.0493. The van der Waals surface area contributed by atoms with E-state index < -0.39 is 0 Å². The Labute approximate surface area is 164 Å². The predicted octanol–water partition coefficient (Wildman–Crippen LogP) is 4.46. The zero-order chi connectivity index (χ0) is 19.3. The Morgan fingerprint density at radius 2 is 1.89 bits per heavy atom. The molecule has 0 unspecified atom stereocenters. The number of aromatic nitrogens is 2. The molecule has 1 saturated heterocycles. The van der Waals surface area contributed by atoms with Crippen LogP contribution in [0, 0.1) is 6.92 Å². The van der Waals surface area contributed by atoms with Crippen LogP contribution in [0.25, 0.3) is 17.5 Å². The van der Waals surface area contributed by atoms with E-state index in [1.54, 1.807) is 6.08 Å². The topological polar surface area (TPSA) is 59.2 Å². The Morgan fingerprint density at radius 3 is 2.64 bits per heavy atom. The maximum absolute atomic E-state index is 12.4. The second kappa shape index (κ2) is 8.21. The number of carbonyl (C=O) groups excluding carboxylic acids is 1. The first-order valence-corrected chi connectivity index (χ1v) is 9.62. The van der Waals surface area contributed by atoms with Crippen molar-refractivity contribution in [1.82, 2.24) is 15.0 Å². The highest BCUT2D eigenvalue weighted by Crippen LogP contribution is 2.28. The van der Waals surface area contributed by atoms with Crippen LogP contribution in [0.3, 0.4) is 0 Å². The normalized spacial score (nSPS) is 15.2. The summed E-state index contributed by atoms with van der Waals surface area (Å²) < 4.78 is 5.52. The highest BCUT2D eigenvalue weighted by atomic mass is 16.5. The van der Waals surface area contributed by atoms with Gasteiger partial charge in [0.1, 0.15) is 0 Å². The van der Waals surface area contributed by atoms with E-state index in [-0.39, 0.29) is 11.8 Å². The molecule has 5 nitrogen and oxygen atoms in total. The van der Waals surface area contributed by atoms with Crippen molar-refractivity contribution in [3.63, 3.8) is 0 Å². The number of carbonyl (C=O) groups is 1. The number of nitrogens with zero attached hydrogens (tertiary/aromatic N) is 3. The zero-order valence-electron chi connectivity index (χ0n) is 15.9. The highest BCUT2D eigenvalue weighted by Gasteiger charge is 2.27. The molecule has 28 heavy (non-hydrogen) atoms. The molecule has 1 aliphatic heterocycles. The number of amides is 1. The molecular formula is C23H23N3O2. The molecule has 2 heterocycles. The van der Waals surface area contributed by atoms with E-state index in [9.17, 15) is 4.79 Å². The molecule has 0 spiro atoms. The van der Waals surface area contributed by atoms with E-state index in [2.05, 4.69) is 16.2 Å². The summed E-state index contributed by atoms with van der Waals surface area (Å²) in [4.78, 5) is 18.9. The van der Waals surface area contributed by atoms with Crippen LogP contribution in [-0.4, -0.2) is 34.0 Å². The SMILES string of the molecule is Cc1cccc(-c2noc(C3CCN(C(=O)/C=C/c4ccccc4)CC3)n2)c1. The van der Waals surface area contributed by atoms with Gasteiger partial charge in [-0.2, -0.15) is 4.98 Å². The van der Waals surface area contributed by atoms with Crippen LogP contribution in [0.15, 0.2) is 65.2 Å². The molecule has 1 fully saturated rings. The van der Waals surface area contributed by atoms with Crippen molar-refractivity contribution in [3.8, 4) is 11.4 Å². The Bertz CT molecular complexity index is 970. The van der Waals surface area contributed by atoms with Crippen molar-refractivity contribution < 1.29 is 9.32 Å². The van der Waals surface area contributed by atoms with Crippen molar-refractivity contribution in [2.24, 2.45) is 0 Å². The lowest BCUT2D eigenvalue weighted by Gasteiger charge is -2.29. The summed E-state index contributed by atoms with van der Waals surface area (Å²) in [5.41, 5.74) is 3.16. The molecule has 0 atom stereocenters. The third kappa shape index (κ3) is 4.19. The third-order valence-corrected chi connectivity index (χ3v) is 5.09. The molecule has 1 amide bonds. The molecule has 4 rings (SSSR count). The summed E-state index contributed by atoms with van der Waals surface area (Å²) in [5, 5.41) is 4.14. The van der Waals surface area contributed by atoms with Gasteiger partial charge in [0.2, 0.25) is 17.6 Å². The summed E-state index contributed by atoms with van der Waals surface area (Å²) in [6, 6.07) is 17.9. The first-order chi connectivity index (χ1) is 13.7. The van der Waals surface area contributed by atoms with E-state index in [1.807, 2.05) is 66.4 Å². The molecule has 1 aromatic heterocycles. The minimum absolute atomic E-state index is 0.0493. The van der Waals surface area contributed by atoms with Gasteiger partial charge in [-0.3, -0.25) is 4.79 Å². The summed E-state index contributed by atoms with van der Waals surface area (Å²) in [6.07, 6.45) is 5.18. The van der Waals surface area contributed by atoms with Crippen molar-refractivity contribution in [2.45, 2.75) is 25.7 Å². The number of rotatable bonds is 4. The number of aryl methyl sites for hydroxylation is 1. The molecule has 0 N–H and O–H groups in total. The molecule has 5 heteroatoms. The molecular weight excluding hydrogens is 350 g/mol. The standard InChI is InChI=1S/C23H23N3O2/c1-17-6-5-9-20(16-17)22-24-23(28-25-22)19-12-14-26(15-13-19)21(27)11-10-18-7-3-2-4-8-18/h2-11,16,19H,12-15H2,1H3/b11-10+. The number of hydrogen-bond acceptors (Lipinski definition) is 4. The molecule has 3 aromatic rings. The molecule has 0 bridgehead atoms. The monoisotopic (exact) mass is 373 g/mol. The van der Waals surface area contributed by atoms with Gasteiger partial charge in [0.15, 0.2) is 0 Å². The average molecular weight is 373 g/mol. The number of benzene rings is 2. The van der Waals surface area contributed by atoms with Gasteiger partial charge in [0, 0.05) is 30.6 Å². The highest BCUT2D eigenvalue weighted by molar-refractivity contribution is 5.91. The van der Waals surface area contributed by atoms with Gasteiger partial charge in [-0.05, 0) is 37.5 Å². The Kier molecular flexibility index (Phi) is 5.33.